The van der Waals surface area contributed by atoms with Crippen molar-refractivity contribution in [2.75, 3.05) is 32.7 Å². The third-order valence-electron chi connectivity index (χ3n) is 5.64. The van der Waals surface area contributed by atoms with Gasteiger partial charge in [-0.15, -0.1) is 0 Å². The number of nitrogens with one attached hydrogen (secondary N) is 1. The molecule has 0 saturated carbocycles. The number of alkyl halides is 3. The monoisotopic (exact) mass is 449 g/mol. The zero-order valence-corrected chi connectivity index (χ0v) is 18.4. The summed E-state index contributed by atoms with van der Waals surface area (Å²) in [6.07, 6.45) is -4.21. The summed E-state index contributed by atoms with van der Waals surface area (Å²) >= 11 is 0. The van der Waals surface area contributed by atoms with E-state index < -0.39 is 26.7 Å². The highest BCUT2D eigenvalue weighted by Gasteiger charge is 2.40. The molecule has 1 amide bonds. The van der Waals surface area contributed by atoms with Crippen LogP contribution in [0.3, 0.4) is 0 Å². The van der Waals surface area contributed by atoms with Gasteiger partial charge in [0.2, 0.25) is 15.9 Å². The smallest absolute Gasteiger partial charge is 0.354 e. The molecule has 2 rings (SSSR count). The van der Waals surface area contributed by atoms with Gasteiger partial charge >= 0.3 is 6.18 Å². The van der Waals surface area contributed by atoms with E-state index in [0.717, 1.165) is 35.6 Å². The third-order valence-corrected chi connectivity index (χ3v) is 7.60. The summed E-state index contributed by atoms with van der Waals surface area (Å²) in [5, 5.41) is 2.92. The van der Waals surface area contributed by atoms with Gasteiger partial charge in [0, 0.05) is 31.6 Å². The Morgan fingerprint density at radius 3 is 2.30 bits per heavy atom. The Kier molecular flexibility index (Phi) is 8.29. The second-order valence-corrected chi connectivity index (χ2v) is 9.39. The normalized spacial score (nSPS) is 17.8. The number of benzene rings is 1. The number of carbonyl (C=O) groups is 1. The van der Waals surface area contributed by atoms with Crippen LogP contribution in [-0.2, 0) is 21.0 Å². The number of sulfonamides is 1. The molecule has 1 heterocycles. The van der Waals surface area contributed by atoms with Crippen LogP contribution in [0.15, 0.2) is 29.2 Å². The molecule has 1 unspecified atom stereocenters. The van der Waals surface area contributed by atoms with E-state index in [1.54, 1.807) is 0 Å². The summed E-state index contributed by atoms with van der Waals surface area (Å²) in [4.78, 5) is 13.9. The Morgan fingerprint density at radius 2 is 1.77 bits per heavy atom. The average Bonchev–Trinajstić information content (AvgIpc) is 2.72. The maximum Gasteiger partial charge on any atom is 0.417 e. The largest absolute Gasteiger partial charge is 0.417 e. The van der Waals surface area contributed by atoms with Crippen molar-refractivity contribution < 1.29 is 26.4 Å². The van der Waals surface area contributed by atoms with Gasteiger partial charge in [-0.25, -0.2) is 8.42 Å². The van der Waals surface area contributed by atoms with Crippen molar-refractivity contribution in [2.24, 2.45) is 5.92 Å². The first-order valence-corrected chi connectivity index (χ1v) is 11.6. The molecule has 0 spiro atoms. The van der Waals surface area contributed by atoms with Crippen LogP contribution < -0.4 is 5.32 Å². The third kappa shape index (κ3) is 5.73. The number of likely N-dealkylation sites (N-methyl/N-ethyl adjacent to an activating group) is 1. The van der Waals surface area contributed by atoms with Gasteiger partial charge < -0.3 is 5.32 Å². The van der Waals surface area contributed by atoms with Gasteiger partial charge in [0.25, 0.3) is 0 Å². The van der Waals surface area contributed by atoms with Crippen molar-refractivity contribution in [3.8, 4) is 0 Å². The quantitative estimate of drug-likeness (QED) is 0.663. The van der Waals surface area contributed by atoms with E-state index in [2.05, 4.69) is 24.1 Å². The van der Waals surface area contributed by atoms with Crippen LogP contribution in [0.2, 0.25) is 0 Å². The zero-order valence-electron chi connectivity index (χ0n) is 17.6. The molecule has 1 atom stereocenters. The van der Waals surface area contributed by atoms with Crippen LogP contribution in [0.1, 0.15) is 39.2 Å². The SMILES string of the molecule is CCN(CC)C(C)CNC(=O)C1CCN(S(=O)(=O)c2ccccc2C(F)(F)F)CC1. The minimum atomic E-state index is -4.76. The van der Waals surface area contributed by atoms with E-state index in [1.807, 2.05) is 6.92 Å². The molecule has 10 heteroatoms. The van der Waals surface area contributed by atoms with Crippen molar-refractivity contribution in [1.29, 1.82) is 0 Å². The minimum absolute atomic E-state index is 0.0121. The highest BCUT2D eigenvalue weighted by molar-refractivity contribution is 7.89. The first kappa shape index (κ1) is 24.6. The van der Waals surface area contributed by atoms with E-state index >= 15 is 0 Å². The van der Waals surface area contributed by atoms with Crippen LogP contribution in [0.5, 0.6) is 0 Å². The van der Waals surface area contributed by atoms with E-state index in [-0.39, 0.29) is 43.8 Å². The molecule has 0 aliphatic carbocycles. The number of amides is 1. The molecule has 1 aliphatic heterocycles. The van der Waals surface area contributed by atoms with Crippen molar-refractivity contribution >= 4 is 15.9 Å². The highest BCUT2D eigenvalue weighted by atomic mass is 32.2. The van der Waals surface area contributed by atoms with Crippen molar-refractivity contribution in [1.82, 2.24) is 14.5 Å². The second-order valence-electron chi connectivity index (χ2n) is 7.49. The number of piperidine rings is 1. The fourth-order valence-electron chi connectivity index (χ4n) is 3.79. The number of rotatable bonds is 8. The molecular formula is C20H30F3N3O3S. The number of carbonyl (C=O) groups excluding carboxylic acids is 1. The predicted octanol–water partition coefficient (Wildman–Crippen LogP) is 2.95. The summed E-state index contributed by atoms with van der Waals surface area (Å²) in [6.45, 7) is 8.41. The lowest BCUT2D eigenvalue weighted by molar-refractivity contribution is -0.139. The molecule has 0 aromatic heterocycles. The van der Waals surface area contributed by atoms with E-state index in [4.69, 9.17) is 0 Å². The summed E-state index contributed by atoms with van der Waals surface area (Å²) in [7, 11) is -4.29. The first-order chi connectivity index (χ1) is 14.0. The molecule has 1 aromatic carbocycles. The van der Waals surface area contributed by atoms with E-state index in [9.17, 15) is 26.4 Å². The Morgan fingerprint density at radius 1 is 1.20 bits per heavy atom. The van der Waals surface area contributed by atoms with Gasteiger partial charge in [-0.3, -0.25) is 9.69 Å². The van der Waals surface area contributed by atoms with Gasteiger partial charge in [-0.05, 0) is 45.0 Å². The Bertz CT molecular complexity index is 818. The van der Waals surface area contributed by atoms with E-state index in [0.29, 0.717) is 6.54 Å². The number of hydrogen-bond acceptors (Lipinski definition) is 4. The summed E-state index contributed by atoms with van der Waals surface area (Å²) in [5.74, 6) is -0.486. The maximum atomic E-state index is 13.2. The number of nitrogens with zero attached hydrogens (tertiary/aromatic N) is 2. The molecule has 1 fully saturated rings. The van der Waals surface area contributed by atoms with Gasteiger partial charge in [0.1, 0.15) is 0 Å². The molecule has 30 heavy (non-hydrogen) atoms. The lowest BCUT2D eigenvalue weighted by Gasteiger charge is -2.32. The van der Waals surface area contributed by atoms with Crippen molar-refractivity contribution in [2.45, 2.75) is 50.7 Å². The molecule has 1 N–H and O–H groups in total. The fraction of sp³-hybridized carbons (Fsp3) is 0.650. The molecule has 6 nitrogen and oxygen atoms in total. The first-order valence-electron chi connectivity index (χ1n) is 10.2. The van der Waals surface area contributed by atoms with Crippen LogP contribution in [0, 0.1) is 5.92 Å². The zero-order chi connectivity index (χ0) is 22.5. The molecule has 1 aliphatic rings. The summed E-state index contributed by atoms with van der Waals surface area (Å²) in [5.41, 5.74) is -1.17. The van der Waals surface area contributed by atoms with Gasteiger partial charge in [-0.2, -0.15) is 17.5 Å². The molecule has 170 valence electrons. The van der Waals surface area contributed by atoms with Crippen LogP contribution >= 0.6 is 0 Å². The van der Waals surface area contributed by atoms with E-state index in [1.165, 1.54) is 6.07 Å². The van der Waals surface area contributed by atoms with Gasteiger partial charge in [-0.1, -0.05) is 26.0 Å². The van der Waals surface area contributed by atoms with Crippen molar-refractivity contribution in [3.63, 3.8) is 0 Å². The Labute approximate surface area is 176 Å². The van der Waals surface area contributed by atoms with Crippen LogP contribution in [-0.4, -0.2) is 62.3 Å². The van der Waals surface area contributed by atoms with Crippen molar-refractivity contribution in [3.05, 3.63) is 29.8 Å². The van der Waals surface area contributed by atoms with Crippen LogP contribution in [0.4, 0.5) is 13.2 Å². The maximum absolute atomic E-state index is 13.2. The molecule has 1 aromatic rings. The standard InChI is InChI=1S/C20H30F3N3O3S/c1-4-25(5-2)15(3)14-24-19(27)16-10-12-26(13-11-16)30(28,29)18-9-7-6-8-17(18)20(21,22)23/h6-9,15-16H,4-5,10-14H2,1-3H3,(H,24,27). The predicted molar refractivity (Wildman–Crippen MR) is 108 cm³/mol. The molecule has 0 radical (unpaired) electrons. The van der Waals surface area contributed by atoms with Crippen LogP contribution in [0.25, 0.3) is 0 Å². The molecule has 1 saturated heterocycles. The molecule has 0 bridgehead atoms. The number of halogens is 3. The highest BCUT2D eigenvalue weighted by Crippen LogP contribution is 2.36. The number of hydrogen-bond donors (Lipinski definition) is 1. The summed E-state index contributed by atoms with van der Waals surface area (Å²) < 4.78 is 66.4. The lowest BCUT2D eigenvalue weighted by Crippen LogP contribution is -2.46. The fourth-order valence-corrected chi connectivity index (χ4v) is 5.47. The molecular weight excluding hydrogens is 419 g/mol. The minimum Gasteiger partial charge on any atom is -0.354 e. The van der Waals surface area contributed by atoms with Gasteiger partial charge in [0.15, 0.2) is 0 Å². The Balaban J connectivity index is 2.00. The topological polar surface area (TPSA) is 69.7 Å². The average molecular weight is 450 g/mol. The summed E-state index contributed by atoms with van der Waals surface area (Å²) in [6, 6.07) is 4.37. The Hall–Kier alpha value is -1.65. The lowest BCUT2D eigenvalue weighted by atomic mass is 9.97. The second kappa shape index (κ2) is 10.1. The van der Waals surface area contributed by atoms with Gasteiger partial charge in [0.05, 0.1) is 10.5 Å².